The van der Waals surface area contributed by atoms with Crippen LogP contribution in [0.1, 0.15) is 0 Å². The molecule has 0 aliphatic carbocycles. The third-order valence-electron chi connectivity index (χ3n) is 5.05. The molecule has 11 heteroatoms. The maximum Gasteiger partial charge on any atom is 0.223 e. The van der Waals surface area contributed by atoms with Crippen molar-refractivity contribution in [1.29, 1.82) is 0 Å². The molecule has 4 atom stereocenters. The molecule has 3 aliphatic heterocycles. The van der Waals surface area contributed by atoms with Gasteiger partial charge in [-0.15, -0.1) is 0 Å². The third-order valence-corrected chi connectivity index (χ3v) is 5.17. The molecule has 0 bridgehead atoms. The quantitative estimate of drug-likeness (QED) is 0.266. The molecule has 0 aromatic rings. The molecule has 0 amide bonds. The van der Waals surface area contributed by atoms with Gasteiger partial charge in [0.05, 0.1) is 11.0 Å². The third kappa shape index (κ3) is 1.51. The molecular formula is C8H15B5ClN3O2. The fourth-order valence-electron chi connectivity index (χ4n) is 3.62. The minimum atomic E-state index is -1.10. The Hall–Kier alpha value is -0.585. The summed E-state index contributed by atoms with van der Waals surface area (Å²) in [5, 5.41) is 9.62. The van der Waals surface area contributed by atoms with Crippen LogP contribution in [0, 0.1) is 0 Å². The summed E-state index contributed by atoms with van der Waals surface area (Å²) < 4.78 is 5.89. The minimum absolute atomic E-state index is 0.177. The normalized spacial score (nSPS) is 51.6. The van der Waals surface area contributed by atoms with E-state index in [-0.39, 0.29) is 15.9 Å². The first-order valence-corrected chi connectivity index (χ1v) is 6.77. The van der Waals surface area contributed by atoms with Gasteiger partial charge in [-0.05, 0) is 17.5 Å². The molecule has 0 aromatic carbocycles. The topological polar surface area (TPSA) is 84.7 Å². The average Bonchev–Trinajstić information content (AvgIpc) is 2.96. The van der Waals surface area contributed by atoms with Crippen molar-refractivity contribution in [2.45, 2.75) is 21.8 Å². The van der Waals surface area contributed by atoms with Crippen molar-refractivity contribution in [3.05, 3.63) is 23.1 Å². The molecule has 0 saturated carbocycles. The summed E-state index contributed by atoms with van der Waals surface area (Å²) in [6.45, 7) is 0. The van der Waals surface area contributed by atoms with Crippen LogP contribution < -0.4 is 11.5 Å². The van der Waals surface area contributed by atoms with Gasteiger partial charge in [0, 0.05) is 10.7 Å². The predicted octanol–water partition coefficient (Wildman–Crippen LogP) is -5.44. The van der Waals surface area contributed by atoms with Crippen molar-refractivity contribution in [3.63, 3.8) is 0 Å². The van der Waals surface area contributed by atoms with Gasteiger partial charge in [0.1, 0.15) is 29.2 Å². The van der Waals surface area contributed by atoms with E-state index in [9.17, 15) is 5.11 Å². The summed E-state index contributed by atoms with van der Waals surface area (Å²) >= 11 is 5.62. The molecule has 5 nitrogen and oxygen atoms in total. The molecule has 3 saturated heterocycles. The lowest BCUT2D eigenvalue weighted by Gasteiger charge is -2.49. The minimum Gasteiger partial charge on any atom is -0.389 e. The van der Waals surface area contributed by atoms with Crippen LogP contribution in [0.5, 0.6) is 0 Å². The van der Waals surface area contributed by atoms with E-state index in [1.807, 2.05) is 15.7 Å². The van der Waals surface area contributed by atoms with Gasteiger partial charge in [-0.1, -0.05) is 11.6 Å². The van der Waals surface area contributed by atoms with Crippen molar-refractivity contribution in [1.82, 2.24) is 4.90 Å². The van der Waals surface area contributed by atoms with Gasteiger partial charge in [0.15, 0.2) is 7.28 Å². The van der Waals surface area contributed by atoms with E-state index >= 15 is 0 Å². The zero-order chi connectivity index (χ0) is 14.3. The van der Waals surface area contributed by atoms with E-state index in [1.165, 1.54) is 0 Å². The maximum absolute atomic E-state index is 10.5. The van der Waals surface area contributed by atoms with Gasteiger partial charge < -0.3 is 26.2 Å². The monoisotopic (exact) mass is 275 g/mol. The van der Waals surface area contributed by atoms with Gasteiger partial charge in [-0.25, -0.2) is 0 Å². The number of fused-ring (bicyclic) bond motifs is 2. The van der Waals surface area contributed by atoms with Crippen LogP contribution in [-0.4, -0.2) is 69.9 Å². The summed E-state index contributed by atoms with van der Waals surface area (Å²) in [7, 11) is 7.47. The van der Waals surface area contributed by atoms with Crippen LogP contribution in [-0.2, 0) is 4.74 Å². The summed E-state index contributed by atoms with van der Waals surface area (Å²) in [4.78, 5) is 2.07. The number of rotatable bonds is 2. The number of allylic oxidation sites excluding steroid dienone is 2. The highest BCUT2D eigenvalue weighted by atomic mass is 35.5. The fraction of sp³-hybridized carbons (Fsp3) is 0.500. The fourth-order valence-corrected chi connectivity index (χ4v) is 3.69. The highest BCUT2D eigenvalue weighted by molar-refractivity contribution is 6.83. The van der Waals surface area contributed by atoms with Crippen LogP contribution in [0.15, 0.2) is 23.1 Å². The molecule has 3 fully saturated rings. The molecule has 0 spiro atoms. The smallest absolute Gasteiger partial charge is 0.223 e. The van der Waals surface area contributed by atoms with Gasteiger partial charge >= 0.3 is 0 Å². The number of aliphatic hydroxyl groups is 1. The molecule has 0 radical (unpaired) electrons. The van der Waals surface area contributed by atoms with E-state index in [2.05, 4.69) is 12.7 Å². The summed E-state index contributed by atoms with van der Waals surface area (Å²) in [5.74, 6) is 0.552. The zero-order valence-electron chi connectivity index (χ0n) is 11.4. The molecule has 4 unspecified atom stereocenters. The second kappa shape index (κ2) is 3.35. The average molecular weight is 275 g/mol. The Bertz CT molecular complexity index is 503. The van der Waals surface area contributed by atoms with Crippen molar-refractivity contribution in [2.75, 3.05) is 0 Å². The number of nitrogens with zero attached hydrogens (tertiary/aromatic N) is 1. The molecule has 3 heterocycles. The van der Waals surface area contributed by atoms with Crippen molar-refractivity contribution in [2.24, 2.45) is 11.5 Å². The van der Waals surface area contributed by atoms with Crippen LogP contribution in [0.4, 0.5) is 0 Å². The SMILES string of the molecule is BC12BC1(B)N(/C(N)=C/C=C(\N)Cl)C1(B)BC1(O)O2. The summed E-state index contributed by atoms with van der Waals surface area (Å²) in [5.41, 5.74) is 10.5. The predicted molar refractivity (Wildman–Crippen MR) is 86.4 cm³/mol. The molecule has 5 N–H and O–H groups in total. The van der Waals surface area contributed by atoms with Crippen LogP contribution in [0.2, 0.25) is 0 Å². The van der Waals surface area contributed by atoms with Crippen molar-refractivity contribution in [3.8, 4) is 0 Å². The lowest BCUT2D eigenvalue weighted by Crippen LogP contribution is -2.62. The van der Waals surface area contributed by atoms with E-state index in [4.69, 9.17) is 27.8 Å². The highest BCUT2D eigenvalue weighted by Gasteiger charge is 2.84. The van der Waals surface area contributed by atoms with Gasteiger partial charge in [0.25, 0.3) is 0 Å². The lowest BCUT2D eigenvalue weighted by molar-refractivity contribution is -0.180. The first-order valence-electron chi connectivity index (χ1n) is 6.39. The van der Waals surface area contributed by atoms with Gasteiger partial charge in [-0.2, -0.15) is 0 Å². The molecule has 0 aromatic heterocycles. The Labute approximate surface area is 121 Å². The number of hydrogen-bond acceptors (Lipinski definition) is 5. The van der Waals surface area contributed by atoms with Crippen molar-refractivity contribution < 1.29 is 9.84 Å². The second-order valence-corrected chi connectivity index (χ2v) is 6.93. The highest BCUT2D eigenvalue weighted by Crippen LogP contribution is 2.61. The van der Waals surface area contributed by atoms with Gasteiger partial charge in [0.2, 0.25) is 7.28 Å². The van der Waals surface area contributed by atoms with E-state index in [0.29, 0.717) is 13.1 Å². The molecule has 19 heavy (non-hydrogen) atoms. The molecular weight excluding hydrogens is 260 g/mol. The Morgan fingerprint density at radius 1 is 1.21 bits per heavy atom. The molecule has 3 rings (SSSR count). The number of hydrogen-bond donors (Lipinski definition) is 3. The number of ether oxygens (including phenoxy) is 1. The largest absolute Gasteiger partial charge is 0.389 e. The lowest BCUT2D eigenvalue weighted by atomic mass is 9.68. The number of halogens is 1. The number of nitrogens with two attached hydrogens (primary N) is 2. The van der Waals surface area contributed by atoms with Gasteiger partial charge in [-0.3, -0.25) is 0 Å². The first-order chi connectivity index (χ1) is 8.58. The molecule has 96 valence electrons. The Morgan fingerprint density at radius 3 is 2.42 bits per heavy atom. The molecule has 3 aliphatic rings. The Morgan fingerprint density at radius 2 is 1.84 bits per heavy atom. The maximum atomic E-state index is 10.5. The van der Waals surface area contributed by atoms with Crippen LogP contribution in [0.3, 0.4) is 0 Å². The van der Waals surface area contributed by atoms with Crippen LogP contribution in [0.25, 0.3) is 0 Å². The first kappa shape index (κ1) is 13.4. The van der Waals surface area contributed by atoms with Crippen molar-refractivity contribution >= 4 is 49.7 Å². The zero-order valence-corrected chi connectivity index (χ0v) is 12.2. The van der Waals surface area contributed by atoms with E-state index in [1.54, 1.807) is 12.2 Å². The van der Waals surface area contributed by atoms with E-state index in [0.717, 1.165) is 7.28 Å². The van der Waals surface area contributed by atoms with Crippen LogP contribution >= 0.6 is 11.6 Å². The summed E-state index contributed by atoms with van der Waals surface area (Å²) in [6.07, 6.45) is 3.24. The summed E-state index contributed by atoms with van der Waals surface area (Å²) in [6, 6.07) is 0. The second-order valence-electron chi connectivity index (χ2n) is 6.50. The Kier molecular flexibility index (Phi) is 2.36. The number of morpholine rings is 1. The van der Waals surface area contributed by atoms with E-state index < -0.39 is 11.0 Å². The Balaban J connectivity index is 1.99. The standard InChI is InChI=1S/C8H15B5ClN3O2/c9-5-7(11,12-5)19-8(18)6(10,13-8)17(5)4(16)2-1-3(14)15/h1-2,12-13,18H,9-11,15-16H2/b3-1-,4-2+.